The SMILES string of the molecule is COc1ccc(S(=O)(=O)N2CC(=O)N(C)c3ccccc32)cc1C. The van der Waals surface area contributed by atoms with Crippen molar-refractivity contribution in [3.8, 4) is 5.75 Å². The molecule has 1 aliphatic heterocycles. The second-order valence-electron chi connectivity index (χ2n) is 5.58. The maximum atomic E-state index is 13.1. The van der Waals surface area contributed by atoms with Crippen molar-refractivity contribution >= 4 is 27.3 Å². The second-order valence-corrected chi connectivity index (χ2v) is 7.45. The molecule has 7 heteroatoms. The van der Waals surface area contributed by atoms with E-state index < -0.39 is 10.0 Å². The summed E-state index contributed by atoms with van der Waals surface area (Å²) in [6.45, 7) is 1.56. The molecule has 24 heavy (non-hydrogen) atoms. The average molecular weight is 346 g/mol. The number of carbonyl (C=O) groups excluding carboxylic acids is 1. The van der Waals surface area contributed by atoms with E-state index in [0.717, 1.165) is 4.31 Å². The predicted molar refractivity (Wildman–Crippen MR) is 92.1 cm³/mol. The van der Waals surface area contributed by atoms with Crippen LogP contribution in [-0.4, -0.2) is 35.0 Å². The van der Waals surface area contributed by atoms with Gasteiger partial charge in [0.25, 0.3) is 10.0 Å². The van der Waals surface area contributed by atoms with Crippen LogP contribution in [0.25, 0.3) is 0 Å². The number of rotatable bonds is 3. The molecule has 1 amide bonds. The Morgan fingerprint density at radius 3 is 2.38 bits per heavy atom. The van der Waals surface area contributed by atoms with Gasteiger partial charge in [-0.15, -0.1) is 0 Å². The Labute approximate surface area is 141 Å². The van der Waals surface area contributed by atoms with Gasteiger partial charge in [-0.2, -0.15) is 0 Å². The maximum Gasteiger partial charge on any atom is 0.264 e. The lowest BCUT2D eigenvalue weighted by molar-refractivity contribution is -0.117. The van der Waals surface area contributed by atoms with Gasteiger partial charge in [0.05, 0.1) is 23.4 Å². The molecule has 3 rings (SSSR count). The number of anilines is 2. The normalized spacial score (nSPS) is 14.5. The summed E-state index contributed by atoms with van der Waals surface area (Å²) in [5.74, 6) is 0.339. The molecule has 0 saturated carbocycles. The predicted octanol–water partition coefficient (Wildman–Crippen LogP) is 2.18. The van der Waals surface area contributed by atoms with E-state index in [2.05, 4.69) is 0 Å². The molecule has 6 nitrogen and oxygen atoms in total. The average Bonchev–Trinajstić information content (AvgIpc) is 2.58. The number of aryl methyl sites for hydroxylation is 1. The third kappa shape index (κ3) is 2.50. The lowest BCUT2D eigenvalue weighted by atomic mass is 10.2. The zero-order valence-electron chi connectivity index (χ0n) is 13.7. The van der Waals surface area contributed by atoms with E-state index in [0.29, 0.717) is 22.7 Å². The van der Waals surface area contributed by atoms with Gasteiger partial charge in [0.2, 0.25) is 5.91 Å². The summed E-state index contributed by atoms with van der Waals surface area (Å²) >= 11 is 0. The van der Waals surface area contributed by atoms with Crippen LogP contribution in [0.15, 0.2) is 47.4 Å². The number of hydrogen-bond donors (Lipinski definition) is 0. The van der Waals surface area contributed by atoms with Crippen LogP contribution in [0.3, 0.4) is 0 Å². The van der Waals surface area contributed by atoms with Gasteiger partial charge in [-0.3, -0.25) is 9.10 Å². The molecule has 0 N–H and O–H groups in total. The largest absolute Gasteiger partial charge is 0.496 e. The van der Waals surface area contributed by atoms with Gasteiger partial charge in [-0.25, -0.2) is 8.42 Å². The highest BCUT2D eigenvalue weighted by atomic mass is 32.2. The number of hydrogen-bond acceptors (Lipinski definition) is 4. The molecule has 0 aliphatic carbocycles. The first-order valence-corrected chi connectivity index (χ1v) is 8.83. The van der Waals surface area contributed by atoms with E-state index >= 15 is 0 Å². The minimum atomic E-state index is -3.85. The Balaban J connectivity index is 2.12. The van der Waals surface area contributed by atoms with E-state index in [9.17, 15) is 13.2 Å². The number of nitrogens with zero attached hydrogens (tertiary/aromatic N) is 2. The minimum Gasteiger partial charge on any atom is -0.496 e. The summed E-state index contributed by atoms with van der Waals surface area (Å²) in [4.78, 5) is 13.8. The molecule has 0 saturated heterocycles. The summed E-state index contributed by atoms with van der Waals surface area (Å²) in [7, 11) is -0.674. The first-order valence-electron chi connectivity index (χ1n) is 7.39. The van der Waals surface area contributed by atoms with E-state index in [4.69, 9.17) is 4.74 Å². The monoisotopic (exact) mass is 346 g/mol. The first kappa shape index (κ1) is 16.3. The fourth-order valence-electron chi connectivity index (χ4n) is 2.76. The van der Waals surface area contributed by atoms with Crippen LogP contribution in [0.1, 0.15) is 5.56 Å². The second kappa shape index (κ2) is 5.83. The van der Waals surface area contributed by atoms with Crippen molar-refractivity contribution in [2.75, 3.05) is 29.9 Å². The Morgan fingerprint density at radius 1 is 1.08 bits per heavy atom. The van der Waals surface area contributed by atoms with Gasteiger partial charge < -0.3 is 9.64 Å². The fourth-order valence-corrected chi connectivity index (χ4v) is 4.27. The van der Waals surface area contributed by atoms with Crippen molar-refractivity contribution < 1.29 is 17.9 Å². The van der Waals surface area contributed by atoms with Crippen molar-refractivity contribution in [1.82, 2.24) is 0 Å². The molecule has 1 heterocycles. The number of carbonyl (C=O) groups is 1. The fraction of sp³-hybridized carbons (Fsp3) is 0.235. The third-order valence-corrected chi connectivity index (χ3v) is 5.87. The van der Waals surface area contributed by atoms with Crippen LogP contribution in [0.4, 0.5) is 11.4 Å². The number of methoxy groups -OCH3 is 1. The van der Waals surface area contributed by atoms with Gasteiger partial charge in [0.1, 0.15) is 12.3 Å². The molecule has 0 atom stereocenters. The van der Waals surface area contributed by atoms with Crippen molar-refractivity contribution in [3.05, 3.63) is 48.0 Å². The van der Waals surface area contributed by atoms with Crippen LogP contribution in [-0.2, 0) is 14.8 Å². The van der Waals surface area contributed by atoms with E-state index in [1.165, 1.54) is 18.1 Å². The molecule has 1 aliphatic rings. The summed E-state index contributed by atoms with van der Waals surface area (Å²) in [5, 5.41) is 0. The highest BCUT2D eigenvalue weighted by Crippen LogP contribution is 2.36. The number of benzene rings is 2. The molecule has 0 aromatic heterocycles. The molecule has 0 bridgehead atoms. The van der Waals surface area contributed by atoms with E-state index in [-0.39, 0.29) is 17.3 Å². The van der Waals surface area contributed by atoms with E-state index in [1.54, 1.807) is 50.4 Å². The molecule has 126 valence electrons. The van der Waals surface area contributed by atoms with Gasteiger partial charge in [-0.1, -0.05) is 12.1 Å². The van der Waals surface area contributed by atoms with Crippen molar-refractivity contribution in [3.63, 3.8) is 0 Å². The highest BCUT2D eigenvalue weighted by molar-refractivity contribution is 7.92. The molecule has 0 radical (unpaired) electrons. The molecule has 2 aromatic carbocycles. The van der Waals surface area contributed by atoms with Crippen LogP contribution in [0, 0.1) is 6.92 Å². The summed E-state index contributed by atoms with van der Waals surface area (Å²) in [6, 6.07) is 11.6. The van der Waals surface area contributed by atoms with Crippen LogP contribution >= 0.6 is 0 Å². The number of amides is 1. The third-order valence-electron chi connectivity index (χ3n) is 4.12. The molecule has 0 unspecified atom stereocenters. The molecular formula is C17H18N2O4S. The maximum absolute atomic E-state index is 13.1. The Hall–Kier alpha value is -2.54. The molecule has 2 aromatic rings. The Bertz CT molecular complexity index is 909. The number of ether oxygens (including phenoxy) is 1. The van der Waals surface area contributed by atoms with Crippen molar-refractivity contribution in [2.24, 2.45) is 0 Å². The molecular weight excluding hydrogens is 328 g/mol. The summed E-state index contributed by atoms with van der Waals surface area (Å²) in [6.07, 6.45) is 0. The number of sulfonamides is 1. The lowest BCUT2D eigenvalue weighted by Crippen LogP contribution is -2.46. The number of fused-ring (bicyclic) bond motifs is 1. The Morgan fingerprint density at radius 2 is 1.75 bits per heavy atom. The van der Waals surface area contributed by atoms with Crippen LogP contribution < -0.4 is 13.9 Å². The minimum absolute atomic E-state index is 0.132. The number of para-hydroxylation sites is 2. The van der Waals surface area contributed by atoms with Gasteiger partial charge >= 0.3 is 0 Å². The lowest BCUT2D eigenvalue weighted by Gasteiger charge is -2.34. The molecule has 0 spiro atoms. The van der Waals surface area contributed by atoms with E-state index in [1.807, 2.05) is 0 Å². The summed E-state index contributed by atoms with van der Waals surface area (Å²) in [5.41, 5.74) is 1.78. The van der Waals surface area contributed by atoms with Gasteiger partial charge in [0.15, 0.2) is 0 Å². The quantitative estimate of drug-likeness (QED) is 0.854. The van der Waals surface area contributed by atoms with Gasteiger partial charge in [-0.05, 0) is 42.8 Å². The van der Waals surface area contributed by atoms with Crippen molar-refractivity contribution in [2.45, 2.75) is 11.8 Å². The standard InChI is InChI=1S/C17H18N2O4S/c1-12-10-13(8-9-16(12)23-3)24(21,22)19-11-17(20)18(2)14-6-4-5-7-15(14)19/h4-10H,11H2,1-3H3. The highest BCUT2D eigenvalue weighted by Gasteiger charge is 2.35. The van der Waals surface area contributed by atoms with Crippen molar-refractivity contribution in [1.29, 1.82) is 0 Å². The first-order chi connectivity index (χ1) is 11.4. The number of likely N-dealkylation sites (N-methyl/N-ethyl adjacent to an activating group) is 1. The summed E-state index contributed by atoms with van der Waals surface area (Å²) < 4.78 is 32.5. The van der Waals surface area contributed by atoms with Crippen LogP contribution in [0.2, 0.25) is 0 Å². The van der Waals surface area contributed by atoms with Gasteiger partial charge in [0, 0.05) is 7.05 Å². The zero-order chi connectivity index (χ0) is 17.5. The van der Waals surface area contributed by atoms with Crippen LogP contribution in [0.5, 0.6) is 5.75 Å². The molecule has 0 fully saturated rings. The topological polar surface area (TPSA) is 66.9 Å². The zero-order valence-corrected chi connectivity index (χ0v) is 14.5. The smallest absolute Gasteiger partial charge is 0.264 e. The Kier molecular flexibility index (Phi) is 3.96.